The van der Waals surface area contributed by atoms with E-state index in [1.165, 1.54) is 6.42 Å². The van der Waals surface area contributed by atoms with E-state index in [4.69, 9.17) is 0 Å². The van der Waals surface area contributed by atoms with Crippen molar-refractivity contribution in [2.45, 2.75) is 44.8 Å². The molecule has 1 aliphatic rings. The van der Waals surface area contributed by atoms with Crippen LogP contribution in [0, 0.1) is 5.92 Å². The lowest BCUT2D eigenvalue weighted by molar-refractivity contribution is -0.0120. The topological polar surface area (TPSA) is 63.0 Å². The third-order valence-electron chi connectivity index (χ3n) is 3.61. The van der Waals surface area contributed by atoms with E-state index < -0.39 is 5.60 Å². The molecule has 1 aliphatic carbocycles. The van der Waals surface area contributed by atoms with Gasteiger partial charge in [-0.05, 0) is 18.8 Å². The standard InChI is InChI=1S/C12H22N4O/c1-10-4-3-5-12(17,6-10)8-13-7-11-14-9-15-16(11)2/h9-10,13,17H,3-8H2,1-2H3. The van der Waals surface area contributed by atoms with Crippen molar-refractivity contribution in [3.63, 3.8) is 0 Å². The van der Waals surface area contributed by atoms with Gasteiger partial charge in [-0.3, -0.25) is 4.68 Å². The van der Waals surface area contributed by atoms with E-state index in [1.807, 2.05) is 7.05 Å². The Balaban J connectivity index is 1.79. The van der Waals surface area contributed by atoms with Gasteiger partial charge in [-0.2, -0.15) is 5.10 Å². The zero-order valence-electron chi connectivity index (χ0n) is 10.7. The number of hydrogen-bond donors (Lipinski definition) is 2. The second kappa shape index (κ2) is 5.14. The molecule has 0 spiro atoms. The predicted molar refractivity (Wildman–Crippen MR) is 65.3 cm³/mol. The Morgan fingerprint density at radius 3 is 3.12 bits per heavy atom. The van der Waals surface area contributed by atoms with Gasteiger partial charge < -0.3 is 10.4 Å². The van der Waals surface area contributed by atoms with Crippen LogP contribution in [0.1, 0.15) is 38.4 Å². The van der Waals surface area contributed by atoms with E-state index in [0.29, 0.717) is 19.0 Å². The summed E-state index contributed by atoms with van der Waals surface area (Å²) in [6.07, 6.45) is 5.73. The largest absolute Gasteiger partial charge is 0.389 e. The maximum Gasteiger partial charge on any atom is 0.140 e. The van der Waals surface area contributed by atoms with E-state index in [9.17, 15) is 5.11 Å². The molecular weight excluding hydrogens is 216 g/mol. The van der Waals surface area contributed by atoms with E-state index in [1.54, 1.807) is 11.0 Å². The van der Waals surface area contributed by atoms with Gasteiger partial charge in [-0.15, -0.1) is 0 Å². The van der Waals surface area contributed by atoms with Crippen LogP contribution in [-0.2, 0) is 13.6 Å². The Labute approximate surface area is 102 Å². The Morgan fingerprint density at radius 1 is 1.65 bits per heavy atom. The van der Waals surface area contributed by atoms with E-state index in [0.717, 1.165) is 25.1 Å². The summed E-state index contributed by atoms with van der Waals surface area (Å²) in [4.78, 5) is 4.14. The van der Waals surface area contributed by atoms with Gasteiger partial charge in [0.1, 0.15) is 12.2 Å². The summed E-state index contributed by atoms with van der Waals surface area (Å²) in [5, 5.41) is 17.7. The van der Waals surface area contributed by atoms with Crippen LogP contribution in [-0.4, -0.2) is 32.0 Å². The number of aromatic nitrogens is 3. The van der Waals surface area contributed by atoms with Crippen molar-refractivity contribution in [3.8, 4) is 0 Å². The lowest BCUT2D eigenvalue weighted by atomic mass is 9.79. The van der Waals surface area contributed by atoms with Crippen LogP contribution >= 0.6 is 0 Å². The van der Waals surface area contributed by atoms with Crippen molar-refractivity contribution in [1.82, 2.24) is 20.1 Å². The Morgan fingerprint density at radius 2 is 2.47 bits per heavy atom. The Hall–Kier alpha value is -0.940. The summed E-state index contributed by atoms with van der Waals surface area (Å²) >= 11 is 0. The van der Waals surface area contributed by atoms with Gasteiger partial charge in [0.25, 0.3) is 0 Å². The van der Waals surface area contributed by atoms with Crippen molar-refractivity contribution in [2.75, 3.05) is 6.54 Å². The summed E-state index contributed by atoms with van der Waals surface area (Å²) in [6, 6.07) is 0. The number of nitrogens with zero attached hydrogens (tertiary/aromatic N) is 3. The summed E-state index contributed by atoms with van der Waals surface area (Å²) in [7, 11) is 1.88. The highest BCUT2D eigenvalue weighted by molar-refractivity contribution is 4.89. The second-order valence-electron chi connectivity index (χ2n) is 5.33. The second-order valence-corrected chi connectivity index (χ2v) is 5.33. The van der Waals surface area contributed by atoms with Crippen molar-refractivity contribution in [3.05, 3.63) is 12.2 Å². The van der Waals surface area contributed by atoms with Crippen LogP contribution in [0.3, 0.4) is 0 Å². The zero-order valence-corrected chi connectivity index (χ0v) is 10.7. The first-order chi connectivity index (χ1) is 8.09. The van der Waals surface area contributed by atoms with Gasteiger partial charge in [0.15, 0.2) is 0 Å². The smallest absolute Gasteiger partial charge is 0.140 e. The molecule has 1 aromatic heterocycles. The molecule has 5 nitrogen and oxygen atoms in total. The van der Waals surface area contributed by atoms with Crippen molar-refractivity contribution in [2.24, 2.45) is 13.0 Å². The predicted octanol–water partition coefficient (Wildman–Crippen LogP) is 0.846. The van der Waals surface area contributed by atoms with E-state index in [2.05, 4.69) is 22.3 Å². The molecule has 1 fully saturated rings. The molecule has 0 amide bonds. The first kappa shape index (κ1) is 12.5. The fourth-order valence-electron chi connectivity index (χ4n) is 2.68. The summed E-state index contributed by atoms with van der Waals surface area (Å²) in [5.41, 5.74) is -0.531. The summed E-state index contributed by atoms with van der Waals surface area (Å²) in [5.74, 6) is 1.53. The molecule has 2 N–H and O–H groups in total. The van der Waals surface area contributed by atoms with Crippen LogP contribution in [0.15, 0.2) is 6.33 Å². The highest BCUT2D eigenvalue weighted by Gasteiger charge is 2.32. The molecule has 2 atom stereocenters. The van der Waals surface area contributed by atoms with Gasteiger partial charge in [0, 0.05) is 13.6 Å². The highest BCUT2D eigenvalue weighted by Crippen LogP contribution is 2.31. The maximum absolute atomic E-state index is 10.4. The molecular formula is C12H22N4O. The molecule has 0 aliphatic heterocycles. The van der Waals surface area contributed by atoms with Gasteiger partial charge >= 0.3 is 0 Å². The zero-order chi connectivity index (χ0) is 12.3. The molecule has 2 unspecified atom stereocenters. The quantitative estimate of drug-likeness (QED) is 0.816. The third kappa shape index (κ3) is 3.26. The van der Waals surface area contributed by atoms with Gasteiger partial charge in [-0.1, -0.05) is 19.8 Å². The first-order valence-corrected chi connectivity index (χ1v) is 6.35. The molecule has 17 heavy (non-hydrogen) atoms. The SMILES string of the molecule is CC1CCCC(O)(CNCc2ncnn2C)C1. The van der Waals surface area contributed by atoms with Crippen molar-refractivity contribution < 1.29 is 5.11 Å². The van der Waals surface area contributed by atoms with Crippen LogP contribution in [0.4, 0.5) is 0 Å². The first-order valence-electron chi connectivity index (χ1n) is 6.35. The molecule has 0 bridgehead atoms. The fraction of sp³-hybridized carbons (Fsp3) is 0.833. The van der Waals surface area contributed by atoms with Crippen LogP contribution in [0.5, 0.6) is 0 Å². The molecule has 1 heterocycles. The molecule has 0 aromatic carbocycles. The Kier molecular flexibility index (Phi) is 3.79. The summed E-state index contributed by atoms with van der Waals surface area (Å²) in [6.45, 7) is 3.52. The minimum atomic E-state index is -0.531. The fourth-order valence-corrected chi connectivity index (χ4v) is 2.68. The number of hydrogen-bond acceptors (Lipinski definition) is 4. The van der Waals surface area contributed by atoms with Crippen LogP contribution in [0.2, 0.25) is 0 Å². The molecule has 0 radical (unpaired) electrons. The van der Waals surface area contributed by atoms with E-state index in [-0.39, 0.29) is 0 Å². The molecule has 1 aromatic rings. The lowest BCUT2D eigenvalue weighted by Crippen LogP contribution is -2.44. The number of aryl methyl sites for hydroxylation is 1. The maximum atomic E-state index is 10.4. The normalized spacial score (nSPS) is 29.5. The van der Waals surface area contributed by atoms with Crippen LogP contribution in [0.25, 0.3) is 0 Å². The monoisotopic (exact) mass is 238 g/mol. The minimum absolute atomic E-state index is 0.531. The summed E-state index contributed by atoms with van der Waals surface area (Å²) < 4.78 is 1.75. The number of nitrogens with one attached hydrogen (secondary N) is 1. The Bertz CT molecular complexity index is 365. The number of rotatable bonds is 4. The van der Waals surface area contributed by atoms with Gasteiger partial charge in [0.05, 0.1) is 12.1 Å². The van der Waals surface area contributed by atoms with E-state index >= 15 is 0 Å². The molecule has 2 rings (SSSR count). The molecule has 5 heteroatoms. The van der Waals surface area contributed by atoms with Crippen molar-refractivity contribution >= 4 is 0 Å². The molecule has 0 saturated heterocycles. The average Bonchev–Trinajstić information content (AvgIpc) is 2.64. The average molecular weight is 238 g/mol. The lowest BCUT2D eigenvalue weighted by Gasteiger charge is -2.35. The highest BCUT2D eigenvalue weighted by atomic mass is 16.3. The van der Waals surface area contributed by atoms with Crippen LogP contribution < -0.4 is 5.32 Å². The minimum Gasteiger partial charge on any atom is -0.389 e. The third-order valence-corrected chi connectivity index (χ3v) is 3.61. The van der Waals surface area contributed by atoms with Gasteiger partial charge in [0.2, 0.25) is 0 Å². The molecule has 96 valence electrons. The van der Waals surface area contributed by atoms with Gasteiger partial charge in [-0.25, -0.2) is 4.98 Å². The molecule has 1 saturated carbocycles. The number of aliphatic hydroxyl groups is 1. The van der Waals surface area contributed by atoms with Crippen molar-refractivity contribution in [1.29, 1.82) is 0 Å².